The van der Waals surface area contributed by atoms with Crippen molar-refractivity contribution in [2.75, 3.05) is 32.5 Å². The van der Waals surface area contributed by atoms with Crippen molar-refractivity contribution in [2.24, 2.45) is 0 Å². The smallest absolute Gasteiger partial charge is 0.410 e. The monoisotopic (exact) mass is 509 g/mol. The average molecular weight is 510 g/mol. The van der Waals surface area contributed by atoms with Crippen molar-refractivity contribution in [1.29, 1.82) is 0 Å². The van der Waals surface area contributed by atoms with Gasteiger partial charge in [-0.05, 0) is 58.4 Å². The SMILES string of the molecule is CO.C\C(=C/C=C\C=C/C(C)Cl)C1CN(C(=O)OC(C)(C)C)CCN1C(=O)c1ccc(N)cc1F. The van der Waals surface area contributed by atoms with E-state index in [0.717, 1.165) is 18.7 Å². The normalized spacial score (nSPS) is 17.9. The highest BCUT2D eigenvalue weighted by Crippen LogP contribution is 2.23. The Morgan fingerprint density at radius 3 is 2.46 bits per heavy atom. The molecule has 9 heteroatoms. The van der Waals surface area contributed by atoms with Gasteiger partial charge in [0, 0.05) is 37.8 Å². The molecule has 194 valence electrons. The van der Waals surface area contributed by atoms with Gasteiger partial charge in [-0.15, -0.1) is 11.6 Å². The number of aliphatic hydroxyl groups excluding tert-OH is 1. The molecule has 1 saturated heterocycles. The fraction of sp³-hybridized carbons (Fsp3) is 0.462. The number of benzene rings is 1. The van der Waals surface area contributed by atoms with Crippen molar-refractivity contribution in [3.63, 3.8) is 0 Å². The molecule has 0 radical (unpaired) electrons. The van der Waals surface area contributed by atoms with Crippen LogP contribution in [-0.2, 0) is 4.74 Å². The van der Waals surface area contributed by atoms with E-state index < -0.39 is 29.5 Å². The zero-order valence-corrected chi connectivity index (χ0v) is 22.1. The van der Waals surface area contributed by atoms with Gasteiger partial charge in [-0.1, -0.05) is 30.4 Å². The number of ether oxygens (including phenoxy) is 1. The van der Waals surface area contributed by atoms with E-state index in [1.54, 1.807) is 30.6 Å². The van der Waals surface area contributed by atoms with Crippen molar-refractivity contribution in [3.8, 4) is 0 Å². The maximum Gasteiger partial charge on any atom is 0.410 e. The van der Waals surface area contributed by atoms with Crippen molar-refractivity contribution in [1.82, 2.24) is 9.80 Å². The Morgan fingerprint density at radius 2 is 1.89 bits per heavy atom. The summed E-state index contributed by atoms with van der Waals surface area (Å²) in [7, 11) is 1.00. The minimum atomic E-state index is -0.671. The fourth-order valence-electron chi connectivity index (χ4n) is 3.37. The molecule has 1 fully saturated rings. The minimum Gasteiger partial charge on any atom is -0.444 e. The van der Waals surface area contributed by atoms with Crippen LogP contribution in [0.2, 0.25) is 0 Å². The summed E-state index contributed by atoms with van der Waals surface area (Å²) < 4.78 is 20.0. The number of anilines is 1. The van der Waals surface area contributed by atoms with Gasteiger partial charge < -0.3 is 25.4 Å². The summed E-state index contributed by atoms with van der Waals surface area (Å²) in [4.78, 5) is 29.1. The lowest BCUT2D eigenvalue weighted by molar-refractivity contribution is 0.00767. The number of hydrogen-bond donors (Lipinski definition) is 2. The van der Waals surface area contributed by atoms with Crippen LogP contribution in [0.4, 0.5) is 14.9 Å². The molecule has 2 amide bonds. The molecule has 0 aliphatic carbocycles. The molecule has 35 heavy (non-hydrogen) atoms. The second-order valence-electron chi connectivity index (χ2n) is 9.04. The highest BCUT2D eigenvalue weighted by Gasteiger charge is 2.36. The number of aliphatic hydroxyl groups is 1. The average Bonchev–Trinajstić information content (AvgIpc) is 2.78. The Kier molecular flexibility index (Phi) is 12.0. The third-order valence-electron chi connectivity index (χ3n) is 5.00. The first-order chi connectivity index (χ1) is 16.4. The van der Waals surface area contributed by atoms with E-state index in [2.05, 4.69) is 0 Å². The number of nitrogens with zero attached hydrogens (tertiary/aromatic N) is 2. The Hall–Kier alpha value is -2.84. The van der Waals surface area contributed by atoms with Gasteiger partial charge in [-0.3, -0.25) is 4.79 Å². The summed E-state index contributed by atoms with van der Waals surface area (Å²) in [5.41, 5.74) is 6.03. The number of nitrogens with two attached hydrogens (primary N) is 1. The van der Waals surface area contributed by atoms with E-state index >= 15 is 0 Å². The van der Waals surface area contributed by atoms with Crippen molar-refractivity contribution >= 4 is 29.3 Å². The van der Waals surface area contributed by atoms with E-state index in [0.29, 0.717) is 0 Å². The molecule has 7 nitrogen and oxygen atoms in total. The second-order valence-corrected chi connectivity index (χ2v) is 9.73. The van der Waals surface area contributed by atoms with Gasteiger partial charge in [0.15, 0.2) is 0 Å². The number of carbonyl (C=O) groups excluding carboxylic acids is 2. The van der Waals surface area contributed by atoms with E-state index in [9.17, 15) is 14.0 Å². The molecule has 0 spiro atoms. The molecule has 1 aliphatic rings. The quantitative estimate of drug-likeness (QED) is 0.339. The first kappa shape index (κ1) is 30.2. The van der Waals surface area contributed by atoms with Gasteiger partial charge in [0.25, 0.3) is 5.91 Å². The van der Waals surface area contributed by atoms with Gasteiger partial charge in [-0.25, -0.2) is 9.18 Å². The van der Waals surface area contributed by atoms with Gasteiger partial charge in [0.1, 0.15) is 11.4 Å². The molecule has 0 bridgehead atoms. The summed E-state index contributed by atoms with van der Waals surface area (Å²) in [5, 5.41) is 6.92. The number of hydrogen-bond acceptors (Lipinski definition) is 5. The molecular weight excluding hydrogens is 473 g/mol. The molecule has 1 aromatic carbocycles. The molecule has 0 aromatic heterocycles. The van der Waals surface area contributed by atoms with Crippen molar-refractivity contribution < 1.29 is 23.8 Å². The second kappa shape index (κ2) is 13.9. The third-order valence-corrected chi connectivity index (χ3v) is 5.15. The van der Waals surface area contributed by atoms with Gasteiger partial charge >= 0.3 is 6.09 Å². The molecule has 1 heterocycles. The topological polar surface area (TPSA) is 96.1 Å². The van der Waals surface area contributed by atoms with E-state index in [1.807, 2.05) is 44.2 Å². The molecular formula is C26H37ClFN3O4. The lowest BCUT2D eigenvalue weighted by Gasteiger charge is -2.42. The van der Waals surface area contributed by atoms with Crippen LogP contribution in [0.15, 0.2) is 54.2 Å². The van der Waals surface area contributed by atoms with Crippen molar-refractivity contribution in [2.45, 2.75) is 51.6 Å². The van der Waals surface area contributed by atoms with Gasteiger partial charge in [-0.2, -0.15) is 0 Å². The first-order valence-corrected chi connectivity index (χ1v) is 11.8. The molecule has 1 aromatic rings. The molecule has 0 saturated carbocycles. The van der Waals surface area contributed by atoms with Crippen molar-refractivity contribution in [3.05, 3.63) is 65.5 Å². The van der Waals surface area contributed by atoms with Crippen LogP contribution in [0.3, 0.4) is 0 Å². The Labute approximate surface area is 212 Å². The number of carbonyl (C=O) groups is 2. The summed E-state index contributed by atoms with van der Waals surface area (Å²) in [6, 6.07) is 3.57. The third kappa shape index (κ3) is 9.74. The number of amides is 2. The van der Waals surface area contributed by atoms with Crippen LogP contribution in [-0.4, -0.2) is 70.7 Å². The number of rotatable bonds is 5. The van der Waals surface area contributed by atoms with Crippen LogP contribution in [0.1, 0.15) is 45.0 Å². The molecule has 1 aliphatic heterocycles. The Bertz CT molecular complexity index is 954. The zero-order chi connectivity index (χ0) is 26.8. The molecule has 2 unspecified atom stereocenters. The Balaban J connectivity index is 0.00000298. The maximum absolute atomic E-state index is 14.5. The molecule has 2 rings (SSSR count). The largest absolute Gasteiger partial charge is 0.444 e. The van der Waals surface area contributed by atoms with Gasteiger partial charge in [0.2, 0.25) is 0 Å². The number of nitrogen functional groups attached to an aromatic ring is 1. The van der Waals surface area contributed by atoms with Gasteiger partial charge in [0.05, 0.1) is 11.6 Å². The standard InChI is InChI=1S/C25H33ClFN3O3.CH4O/c1-17(9-7-6-8-10-18(2)26)22-16-29(24(32)33-25(3,4)5)13-14-30(22)23(31)20-12-11-19(28)15-21(20)27;1-2/h6-12,15,18,22H,13-14,16,28H2,1-5H3;2H,1H3/b7-6-,10-8-,17-9+;. The predicted molar refractivity (Wildman–Crippen MR) is 139 cm³/mol. The van der Waals surface area contributed by atoms with E-state index in [1.165, 1.54) is 12.1 Å². The van der Waals surface area contributed by atoms with Crippen LogP contribution in [0.25, 0.3) is 0 Å². The summed E-state index contributed by atoms with van der Waals surface area (Å²) in [6.45, 7) is 9.91. The van der Waals surface area contributed by atoms with Crippen LogP contribution in [0.5, 0.6) is 0 Å². The predicted octanol–water partition coefficient (Wildman–Crippen LogP) is 4.76. The maximum atomic E-state index is 14.5. The number of halogens is 2. The lowest BCUT2D eigenvalue weighted by atomic mass is 10.0. The molecule has 2 atom stereocenters. The summed E-state index contributed by atoms with van der Waals surface area (Å²) in [5.74, 6) is -1.12. The minimum absolute atomic E-state index is 0.0534. The number of alkyl halides is 1. The highest BCUT2D eigenvalue weighted by molar-refractivity contribution is 6.21. The van der Waals surface area contributed by atoms with Crippen LogP contribution in [0, 0.1) is 5.82 Å². The highest BCUT2D eigenvalue weighted by atomic mass is 35.5. The van der Waals surface area contributed by atoms with E-state index in [4.69, 9.17) is 27.2 Å². The van der Waals surface area contributed by atoms with Crippen LogP contribution < -0.4 is 5.73 Å². The van der Waals surface area contributed by atoms with E-state index in [-0.39, 0.29) is 36.3 Å². The summed E-state index contributed by atoms with van der Waals surface area (Å²) >= 11 is 5.90. The Morgan fingerprint density at radius 1 is 1.23 bits per heavy atom. The number of allylic oxidation sites excluding steroid dienone is 5. The van der Waals surface area contributed by atoms with Crippen LogP contribution >= 0.6 is 11.6 Å². The lowest BCUT2D eigenvalue weighted by Crippen LogP contribution is -2.57. The first-order valence-electron chi connectivity index (χ1n) is 11.3. The number of piperazine rings is 1. The fourth-order valence-corrected chi connectivity index (χ4v) is 3.45. The summed E-state index contributed by atoms with van der Waals surface area (Å²) in [6.07, 6.45) is 8.77. The molecule has 3 N–H and O–H groups in total. The zero-order valence-electron chi connectivity index (χ0n) is 21.3.